The molecule has 3 unspecified atom stereocenters. The van der Waals surface area contributed by atoms with Crippen LogP contribution in [-0.2, 0) is 4.74 Å². The van der Waals surface area contributed by atoms with Crippen LogP contribution < -0.4 is 4.74 Å². The Balaban J connectivity index is 1.76. The van der Waals surface area contributed by atoms with Crippen molar-refractivity contribution in [2.24, 2.45) is 11.8 Å². The van der Waals surface area contributed by atoms with Gasteiger partial charge >= 0.3 is 0 Å². The van der Waals surface area contributed by atoms with Crippen molar-refractivity contribution >= 4 is 0 Å². The number of methoxy groups -OCH3 is 1. The molecule has 80 valence electrons. The molecule has 1 heterocycles. The van der Waals surface area contributed by atoms with Crippen LogP contribution in [0, 0.1) is 11.8 Å². The van der Waals surface area contributed by atoms with E-state index >= 15 is 0 Å². The van der Waals surface area contributed by atoms with Gasteiger partial charge in [0.2, 0.25) is 0 Å². The van der Waals surface area contributed by atoms with Gasteiger partial charge in [0, 0.05) is 6.61 Å². The first-order valence-corrected chi connectivity index (χ1v) is 5.60. The molecule has 1 saturated heterocycles. The molecule has 1 aliphatic carbocycles. The maximum Gasteiger partial charge on any atom is 0.118 e. The Morgan fingerprint density at radius 2 is 2.00 bits per heavy atom. The van der Waals surface area contributed by atoms with Gasteiger partial charge in [-0.25, -0.2) is 0 Å². The SMILES string of the molecule is COc1ccc(C2CC3COCC32)cc1. The highest BCUT2D eigenvalue weighted by Gasteiger charge is 2.45. The van der Waals surface area contributed by atoms with Crippen molar-refractivity contribution in [2.45, 2.75) is 12.3 Å². The van der Waals surface area contributed by atoms with Gasteiger partial charge in [-0.05, 0) is 41.9 Å². The summed E-state index contributed by atoms with van der Waals surface area (Å²) in [6.07, 6.45) is 1.30. The van der Waals surface area contributed by atoms with E-state index in [4.69, 9.17) is 9.47 Å². The van der Waals surface area contributed by atoms with Crippen molar-refractivity contribution in [1.82, 2.24) is 0 Å². The van der Waals surface area contributed by atoms with Crippen LogP contribution in [0.1, 0.15) is 17.9 Å². The minimum atomic E-state index is 0.725. The Kier molecular flexibility index (Phi) is 2.17. The average molecular weight is 204 g/mol. The minimum absolute atomic E-state index is 0.725. The van der Waals surface area contributed by atoms with E-state index in [-0.39, 0.29) is 0 Å². The fourth-order valence-corrected chi connectivity index (χ4v) is 2.84. The van der Waals surface area contributed by atoms with Gasteiger partial charge in [0.15, 0.2) is 0 Å². The van der Waals surface area contributed by atoms with Gasteiger partial charge in [0.05, 0.1) is 13.7 Å². The van der Waals surface area contributed by atoms with Crippen LogP contribution in [0.5, 0.6) is 5.75 Å². The van der Waals surface area contributed by atoms with Gasteiger partial charge in [-0.2, -0.15) is 0 Å². The molecule has 0 bridgehead atoms. The summed E-state index contributed by atoms with van der Waals surface area (Å²) in [7, 11) is 1.71. The third-order valence-corrected chi connectivity index (χ3v) is 3.87. The summed E-state index contributed by atoms with van der Waals surface area (Å²) in [5, 5.41) is 0. The van der Waals surface area contributed by atoms with Crippen LogP contribution in [0.15, 0.2) is 24.3 Å². The van der Waals surface area contributed by atoms with E-state index in [1.807, 2.05) is 0 Å². The average Bonchev–Trinajstić information content (AvgIpc) is 2.61. The van der Waals surface area contributed by atoms with E-state index in [0.717, 1.165) is 36.7 Å². The molecule has 1 aromatic rings. The Labute approximate surface area is 90.2 Å². The second-order valence-corrected chi connectivity index (χ2v) is 4.58. The third-order valence-electron chi connectivity index (χ3n) is 3.87. The lowest BCUT2D eigenvalue weighted by Crippen LogP contribution is -2.33. The van der Waals surface area contributed by atoms with Crippen LogP contribution in [0.3, 0.4) is 0 Å². The highest BCUT2D eigenvalue weighted by Crippen LogP contribution is 2.50. The number of hydrogen-bond donors (Lipinski definition) is 0. The smallest absolute Gasteiger partial charge is 0.118 e. The van der Waals surface area contributed by atoms with Crippen molar-refractivity contribution < 1.29 is 9.47 Å². The molecule has 1 aliphatic heterocycles. The molecule has 3 atom stereocenters. The number of benzene rings is 1. The molecule has 0 spiro atoms. The van der Waals surface area contributed by atoms with Crippen LogP contribution in [0.4, 0.5) is 0 Å². The van der Waals surface area contributed by atoms with E-state index in [2.05, 4.69) is 24.3 Å². The van der Waals surface area contributed by atoms with E-state index in [1.54, 1.807) is 7.11 Å². The largest absolute Gasteiger partial charge is 0.497 e. The second-order valence-electron chi connectivity index (χ2n) is 4.58. The summed E-state index contributed by atoms with van der Waals surface area (Å²) in [6.45, 7) is 1.94. The summed E-state index contributed by atoms with van der Waals surface area (Å²) in [5.41, 5.74) is 1.45. The Morgan fingerprint density at radius 3 is 2.67 bits per heavy atom. The molecule has 0 aromatic heterocycles. The predicted octanol–water partition coefficient (Wildman–Crippen LogP) is 2.45. The van der Waals surface area contributed by atoms with E-state index in [0.29, 0.717) is 0 Å². The zero-order valence-electron chi connectivity index (χ0n) is 8.98. The molecule has 15 heavy (non-hydrogen) atoms. The van der Waals surface area contributed by atoms with Gasteiger partial charge in [-0.15, -0.1) is 0 Å². The highest BCUT2D eigenvalue weighted by molar-refractivity contribution is 5.31. The standard InChI is InChI=1S/C13H16O2/c1-14-11-4-2-9(3-5-11)12-6-10-7-15-8-13(10)12/h2-5,10,12-13H,6-8H2,1H3. The minimum Gasteiger partial charge on any atom is -0.497 e. The summed E-state index contributed by atoms with van der Waals surface area (Å²) in [5.74, 6) is 3.27. The normalized spacial score (nSPS) is 33.3. The second kappa shape index (κ2) is 3.53. The zero-order chi connectivity index (χ0) is 10.3. The first kappa shape index (κ1) is 9.22. The molecular weight excluding hydrogens is 188 g/mol. The third kappa shape index (κ3) is 1.44. The number of rotatable bonds is 2. The number of fused-ring (bicyclic) bond motifs is 1. The molecule has 1 saturated carbocycles. The molecule has 3 rings (SSSR count). The Hall–Kier alpha value is -1.02. The first-order valence-electron chi connectivity index (χ1n) is 5.60. The molecule has 1 aromatic carbocycles. The van der Waals surface area contributed by atoms with Gasteiger partial charge in [-0.3, -0.25) is 0 Å². The maximum absolute atomic E-state index is 5.50. The highest BCUT2D eigenvalue weighted by atomic mass is 16.5. The molecular formula is C13H16O2. The Morgan fingerprint density at radius 1 is 1.20 bits per heavy atom. The fourth-order valence-electron chi connectivity index (χ4n) is 2.84. The molecule has 0 N–H and O–H groups in total. The van der Waals surface area contributed by atoms with E-state index in [9.17, 15) is 0 Å². The topological polar surface area (TPSA) is 18.5 Å². The van der Waals surface area contributed by atoms with Crippen molar-refractivity contribution in [2.75, 3.05) is 20.3 Å². The van der Waals surface area contributed by atoms with Gasteiger partial charge < -0.3 is 9.47 Å². The molecule has 0 radical (unpaired) electrons. The molecule has 2 fully saturated rings. The van der Waals surface area contributed by atoms with Gasteiger partial charge in [0.25, 0.3) is 0 Å². The van der Waals surface area contributed by atoms with Crippen molar-refractivity contribution in [1.29, 1.82) is 0 Å². The van der Waals surface area contributed by atoms with Crippen molar-refractivity contribution in [3.05, 3.63) is 29.8 Å². The van der Waals surface area contributed by atoms with Crippen LogP contribution >= 0.6 is 0 Å². The summed E-state index contributed by atoms with van der Waals surface area (Å²) >= 11 is 0. The summed E-state index contributed by atoms with van der Waals surface area (Å²) < 4.78 is 10.7. The Bertz CT molecular complexity index is 344. The first-order chi connectivity index (χ1) is 7.38. The molecule has 2 aliphatic rings. The molecule has 0 amide bonds. The van der Waals surface area contributed by atoms with E-state index < -0.39 is 0 Å². The summed E-state index contributed by atoms with van der Waals surface area (Å²) in [6, 6.07) is 8.49. The lowest BCUT2D eigenvalue weighted by Gasteiger charge is -2.39. The maximum atomic E-state index is 5.50. The van der Waals surface area contributed by atoms with Crippen molar-refractivity contribution in [3.8, 4) is 5.75 Å². The van der Waals surface area contributed by atoms with Gasteiger partial charge in [0.1, 0.15) is 5.75 Å². The monoisotopic (exact) mass is 204 g/mol. The van der Waals surface area contributed by atoms with Crippen LogP contribution in [-0.4, -0.2) is 20.3 Å². The predicted molar refractivity (Wildman–Crippen MR) is 58.2 cm³/mol. The number of ether oxygens (including phenoxy) is 2. The van der Waals surface area contributed by atoms with E-state index in [1.165, 1.54) is 12.0 Å². The van der Waals surface area contributed by atoms with Crippen LogP contribution in [0.2, 0.25) is 0 Å². The molecule has 2 nitrogen and oxygen atoms in total. The molecule has 2 heteroatoms. The summed E-state index contributed by atoms with van der Waals surface area (Å²) in [4.78, 5) is 0. The zero-order valence-corrected chi connectivity index (χ0v) is 8.98. The quantitative estimate of drug-likeness (QED) is 0.736. The van der Waals surface area contributed by atoms with Gasteiger partial charge in [-0.1, -0.05) is 12.1 Å². The number of hydrogen-bond acceptors (Lipinski definition) is 2. The fraction of sp³-hybridized carbons (Fsp3) is 0.538. The lowest BCUT2D eigenvalue weighted by molar-refractivity contribution is 0.184. The van der Waals surface area contributed by atoms with Crippen LogP contribution in [0.25, 0.3) is 0 Å². The van der Waals surface area contributed by atoms with Crippen molar-refractivity contribution in [3.63, 3.8) is 0 Å². The lowest BCUT2D eigenvalue weighted by atomic mass is 9.64.